The zero-order chi connectivity index (χ0) is 22.3. The predicted molar refractivity (Wildman–Crippen MR) is 124 cm³/mol. The maximum atomic E-state index is 12.6. The molecule has 0 saturated carbocycles. The van der Waals surface area contributed by atoms with Crippen molar-refractivity contribution < 1.29 is 14.3 Å². The number of nitrogens with zero attached hydrogens (tertiary/aromatic N) is 1. The number of ketones is 1. The molecule has 1 aliphatic rings. The Kier molecular flexibility index (Phi) is 6.97. The van der Waals surface area contributed by atoms with Gasteiger partial charge in [0.15, 0.2) is 11.9 Å². The number of benzene rings is 3. The summed E-state index contributed by atoms with van der Waals surface area (Å²) in [6, 6.07) is 26.5. The van der Waals surface area contributed by atoms with E-state index in [9.17, 15) is 9.59 Å². The van der Waals surface area contributed by atoms with Crippen molar-refractivity contribution in [1.29, 1.82) is 0 Å². The number of piperidine rings is 1. The Balaban J connectivity index is 1.35. The number of amides is 1. The summed E-state index contributed by atoms with van der Waals surface area (Å²) in [5.41, 5.74) is 8.20. The molecule has 1 fully saturated rings. The minimum atomic E-state index is -0.676. The normalized spacial score (nSPS) is 15.8. The summed E-state index contributed by atoms with van der Waals surface area (Å²) in [6.07, 6.45) is 1.03. The molecule has 1 aliphatic heterocycles. The lowest BCUT2D eigenvalue weighted by Crippen LogP contribution is -2.45. The molecule has 0 bridgehead atoms. The quantitative estimate of drug-likeness (QED) is 0.549. The number of rotatable bonds is 8. The summed E-state index contributed by atoms with van der Waals surface area (Å²) in [7, 11) is 0. The van der Waals surface area contributed by atoms with Crippen molar-refractivity contribution >= 4 is 11.7 Å². The smallest absolute Gasteiger partial charge is 0.258 e. The first kappa shape index (κ1) is 21.8. The summed E-state index contributed by atoms with van der Waals surface area (Å²) in [6.45, 7) is 2.71. The van der Waals surface area contributed by atoms with Crippen LogP contribution >= 0.6 is 0 Å². The van der Waals surface area contributed by atoms with E-state index in [1.807, 2.05) is 24.3 Å². The minimum Gasteiger partial charge on any atom is -0.480 e. The van der Waals surface area contributed by atoms with Crippen molar-refractivity contribution in [3.05, 3.63) is 102 Å². The lowest BCUT2D eigenvalue weighted by molar-refractivity contribution is -0.128. The molecule has 3 aromatic rings. The molecule has 2 N–H and O–H groups in total. The number of primary amides is 1. The zero-order valence-corrected chi connectivity index (χ0v) is 18.0. The number of hydrogen-bond donors (Lipinski definition) is 1. The van der Waals surface area contributed by atoms with E-state index in [2.05, 4.69) is 29.2 Å². The topological polar surface area (TPSA) is 72.6 Å². The molecular formula is C27H28N2O3. The second-order valence-corrected chi connectivity index (χ2v) is 8.26. The maximum absolute atomic E-state index is 12.6. The highest BCUT2D eigenvalue weighted by molar-refractivity contribution is 6.08. The molecule has 4 rings (SSSR count). The molecule has 32 heavy (non-hydrogen) atoms. The van der Waals surface area contributed by atoms with Gasteiger partial charge in [0, 0.05) is 23.6 Å². The van der Waals surface area contributed by atoms with Crippen LogP contribution in [0.4, 0.5) is 0 Å². The molecule has 3 aromatic carbocycles. The number of carbonyl (C=O) groups excluding carboxylic acids is 2. The van der Waals surface area contributed by atoms with Crippen LogP contribution in [0.15, 0.2) is 84.9 Å². The van der Waals surface area contributed by atoms with Crippen LogP contribution in [0, 0.1) is 5.92 Å². The monoisotopic (exact) mass is 428 g/mol. The van der Waals surface area contributed by atoms with E-state index < -0.39 is 12.0 Å². The second-order valence-electron chi connectivity index (χ2n) is 8.26. The van der Waals surface area contributed by atoms with Crippen LogP contribution in [0.3, 0.4) is 0 Å². The van der Waals surface area contributed by atoms with Gasteiger partial charge in [-0.05, 0) is 55.8 Å². The molecule has 0 spiro atoms. The van der Waals surface area contributed by atoms with Crippen LogP contribution in [0.1, 0.15) is 34.3 Å². The highest BCUT2D eigenvalue weighted by Crippen LogP contribution is 2.26. The average molecular weight is 429 g/mol. The predicted octanol–water partition coefficient (Wildman–Crippen LogP) is 4.06. The molecule has 1 atom stereocenters. The van der Waals surface area contributed by atoms with Crippen molar-refractivity contribution in [3.8, 4) is 5.75 Å². The molecule has 1 saturated heterocycles. The molecule has 1 heterocycles. The molecule has 0 aliphatic carbocycles. The van der Waals surface area contributed by atoms with Crippen molar-refractivity contribution in [1.82, 2.24) is 4.90 Å². The van der Waals surface area contributed by atoms with Gasteiger partial charge in [-0.1, -0.05) is 60.7 Å². The summed E-state index contributed by atoms with van der Waals surface area (Å²) in [4.78, 5) is 27.1. The van der Waals surface area contributed by atoms with E-state index in [-0.39, 0.29) is 11.7 Å². The zero-order valence-electron chi connectivity index (χ0n) is 18.0. The van der Waals surface area contributed by atoms with Crippen LogP contribution in [0.25, 0.3) is 0 Å². The largest absolute Gasteiger partial charge is 0.480 e. The SMILES string of the molecule is NC(=O)C(Oc1ccc(C(=O)c2ccccc2)cc1)C1CCN(Cc2ccccc2)CC1. The van der Waals surface area contributed by atoms with Crippen molar-refractivity contribution in [2.45, 2.75) is 25.5 Å². The first-order chi connectivity index (χ1) is 15.6. The third-order valence-electron chi connectivity index (χ3n) is 6.01. The van der Waals surface area contributed by atoms with E-state index in [0.717, 1.165) is 32.5 Å². The Morgan fingerprint density at radius 1 is 0.844 bits per heavy atom. The second kappa shape index (κ2) is 10.2. The van der Waals surface area contributed by atoms with Crippen LogP contribution in [-0.4, -0.2) is 35.8 Å². The average Bonchev–Trinajstić information content (AvgIpc) is 2.84. The van der Waals surface area contributed by atoms with E-state index >= 15 is 0 Å². The Labute approximate surface area is 188 Å². The van der Waals surface area contributed by atoms with Gasteiger partial charge in [-0.3, -0.25) is 14.5 Å². The highest BCUT2D eigenvalue weighted by Gasteiger charge is 2.32. The summed E-state index contributed by atoms with van der Waals surface area (Å²) in [5.74, 6) is 0.126. The summed E-state index contributed by atoms with van der Waals surface area (Å²) in [5, 5.41) is 0. The van der Waals surface area contributed by atoms with E-state index in [0.29, 0.717) is 16.9 Å². The van der Waals surface area contributed by atoms with Gasteiger partial charge >= 0.3 is 0 Å². The molecule has 1 unspecified atom stereocenters. The Bertz CT molecular complexity index is 1030. The van der Waals surface area contributed by atoms with Gasteiger partial charge in [0.1, 0.15) is 5.75 Å². The fourth-order valence-corrected chi connectivity index (χ4v) is 4.23. The van der Waals surface area contributed by atoms with Crippen molar-refractivity contribution in [2.24, 2.45) is 11.7 Å². The Hall–Kier alpha value is -3.44. The van der Waals surface area contributed by atoms with Gasteiger partial charge in [-0.15, -0.1) is 0 Å². The van der Waals surface area contributed by atoms with Crippen molar-refractivity contribution in [3.63, 3.8) is 0 Å². The fraction of sp³-hybridized carbons (Fsp3) is 0.259. The molecule has 164 valence electrons. The number of carbonyl (C=O) groups is 2. The number of ether oxygens (including phenoxy) is 1. The van der Waals surface area contributed by atoms with Gasteiger partial charge < -0.3 is 10.5 Å². The molecule has 0 aromatic heterocycles. The van der Waals surface area contributed by atoms with E-state index in [1.54, 1.807) is 36.4 Å². The van der Waals surface area contributed by atoms with Crippen LogP contribution in [0.5, 0.6) is 5.75 Å². The van der Waals surface area contributed by atoms with Gasteiger partial charge in [0.25, 0.3) is 5.91 Å². The van der Waals surface area contributed by atoms with Gasteiger partial charge in [0.05, 0.1) is 0 Å². The summed E-state index contributed by atoms with van der Waals surface area (Å²) < 4.78 is 6.00. The standard InChI is InChI=1S/C27H28N2O3/c28-27(31)26(23-15-17-29(18-16-23)19-20-7-3-1-4-8-20)32-24-13-11-22(12-14-24)25(30)21-9-5-2-6-10-21/h1-14,23,26H,15-19H2,(H2,28,31). The van der Waals surface area contributed by atoms with E-state index in [1.165, 1.54) is 5.56 Å². The fourth-order valence-electron chi connectivity index (χ4n) is 4.23. The molecule has 5 heteroatoms. The molecular weight excluding hydrogens is 400 g/mol. The van der Waals surface area contributed by atoms with Crippen LogP contribution < -0.4 is 10.5 Å². The maximum Gasteiger partial charge on any atom is 0.258 e. The molecule has 0 radical (unpaired) electrons. The third-order valence-corrected chi connectivity index (χ3v) is 6.01. The van der Waals surface area contributed by atoms with Gasteiger partial charge in [-0.2, -0.15) is 0 Å². The Morgan fingerprint density at radius 2 is 1.41 bits per heavy atom. The molecule has 1 amide bonds. The minimum absolute atomic E-state index is 0.0469. The van der Waals surface area contributed by atoms with Gasteiger partial charge in [0.2, 0.25) is 0 Å². The highest BCUT2D eigenvalue weighted by atomic mass is 16.5. The van der Waals surface area contributed by atoms with Gasteiger partial charge in [-0.25, -0.2) is 0 Å². The third kappa shape index (κ3) is 5.42. The van der Waals surface area contributed by atoms with Crippen molar-refractivity contribution in [2.75, 3.05) is 13.1 Å². The number of likely N-dealkylation sites (tertiary alicyclic amines) is 1. The first-order valence-corrected chi connectivity index (χ1v) is 11.0. The summed E-state index contributed by atoms with van der Waals surface area (Å²) >= 11 is 0. The lowest BCUT2D eigenvalue weighted by Gasteiger charge is -2.35. The van der Waals surface area contributed by atoms with E-state index in [4.69, 9.17) is 10.5 Å². The van der Waals surface area contributed by atoms with Crippen LogP contribution in [0.2, 0.25) is 0 Å². The number of hydrogen-bond acceptors (Lipinski definition) is 4. The Morgan fingerprint density at radius 3 is 2.00 bits per heavy atom. The van der Waals surface area contributed by atoms with Crippen LogP contribution in [-0.2, 0) is 11.3 Å². The number of nitrogens with two attached hydrogens (primary N) is 1. The lowest BCUT2D eigenvalue weighted by atomic mass is 9.90. The first-order valence-electron chi connectivity index (χ1n) is 11.0. The molecule has 5 nitrogen and oxygen atoms in total.